The van der Waals surface area contributed by atoms with Gasteiger partial charge in [-0.25, -0.2) is 4.79 Å². The molecule has 1 heterocycles. The van der Waals surface area contributed by atoms with Crippen molar-refractivity contribution in [2.24, 2.45) is 10.4 Å². The number of hydrogen-bond acceptors (Lipinski definition) is 8. The summed E-state index contributed by atoms with van der Waals surface area (Å²) in [4.78, 5) is 31.6. The highest BCUT2D eigenvalue weighted by molar-refractivity contribution is 5.73. The number of carboxylic acid groups (broad SMARTS) is 1. The summed E-state index contributed by atoms with van der Waals surface area (Å²) < 4.78 is 9.41. The maximum absolute atomic E-state index is 10.7. The molecule has 1 rings (SSSR count). The van der Waals surface area contributed by atoms with Gasteiger partial charge in [0.05, 0.1) is 0 Å². The molecule has 5 atom stereocenters. The summed E-state index contributed by atoms with van der Waals surface area (Å²) in [5.74, 6) is -1.48. The van der Waals surface area contributed by atoms with E-state index in [0.29, 0.717) is 0 Å². The fourth-order valence-electron chi connectivity index (χ4n) is 1.49. The van der Waals surface area contributed by atoms with Crippen molar-refractivity contribution in [2.45, 2.75) is 30.6 Å². The van der Waals surface area contributed by atoms with Crippen LogP contribution in [0.25, 0.3) is 0 Å². The van der Waals surface area contributed by atoms with Gasteiger partial charge in [-0.15, -0.1) is 0 Å². The van der Waals surface area contributed by atoms with Gasteiger partial charge in [-0.05, 0) is 0 Å². The highest BCUT2D eigenvalue weighted by Crippen LogP contribution is 2.26. The SMILES string of the molecule is COC1OC(C(=O)O)C(N=O)C(N=O)C1O. The van der Waals surface area contributed by atoms with Crippen molar-refractivity contribution in [1.29, 1.82) is 0 Å². The van der Waals surface area contributed by atoms with Crippen molar-refractivity contribution in [2.75, 3.05) is 7.11 Å². The Morgan fingerprint density at radius 3 is 2.25 bits per heavy atom. The first kappa shape index (κ1) is 12.6. The van der Waals surface area contributed by atoms with Crippen LogP contribution in [0.2, 0.25) is 0 Å². The van der Waals surface area contributed by atoms with Gasteiger partial charge in [0, 0.05) is 7.11 Å². The minimum atomic E-state index is -1.66. The predicted octanol–water partition coefficient (Wildman–Crippen LogP) is -0.927. The lowest BCUT2D eigenvalue weighted by Crippen LogP contribution is -2.58. The number of carboxylic acids is 1. The average molecular weight is 234 g/mol. The first-order chi connectivity index (χ1) is 7.56. The predicted molar refractivity (Wildman–Crippen MR) is 48.5 cm³/mol. The van der Waals surface area contributed by atoms with Crippen LogP contribution in [0.1, 0.15) is 0 Å². The second-order valence-electron chi connectivity index (χ2n) is 3.18. The molecule has 90 valence electrons. The zero-order valence-electron chi connectivity index (χ0n) is 8.22. The summed E-state index contributed by atoms with van der Waals surface area (Å²) in [6.07, 6.45) is -4.52. The molecule has 9 nitrogen and oxygen atoms in total. The fraction of sp³-hybridized carbons (Fsp3) is 0.857. The van der Waals surface area contributed by atoms with E-state index in [1.54, 1.807) is 0 Å². The van der Waals surface area contributed by atoms with Crippen LogP contribution in [0.4, 0.5) is 0 Å². The van der Waals surface area contributed by atoms with Crippen LogP contribution in [-0.2, 0) is 14.3 Å². The van der Waals surface area contributed by atoms with E-state index in [4.69, 9.17) is 9.84 Å². The first-order valence-corrected chi connectivity index (χ1v) is 4.30. The van der Waals surface area contributed by atoms with Gasteiger partial charge in [-0.3, -0.25) is 0 Å². The molecule has 2 N–H and O–H groups in total. The fourth-order valence-corrected chi connectivity index (χ4v) is 1.49. The van der Waals surface area contributed by atoms with Crippen molar-refractivity contribution >= 4 is 5.97 Å². The van der Waals surface area contributed by atoms with Crippen molar-refractivity contribution in [1.82, 2.24) is 0 Å². The molecule has 0 aromatic rings. The van der Waals surface area contributed by atoms with E-state index in [2.05, 4.69) is 15.1 Å². The zero-order valence-corrected chi connectivity index (χ0v) is 8.22. The first-order valence-electron chi connectivity index (χ1n) is 4.30. The lowest BCUT2D eigenvalue weighted by Gasteiger charge is -2.36. The lowest BCUT2D eigenvalue weighted by molar-refractivity contribution is -0.241. The Balaban J connectivity index is 2.99. The van der Waals surface area contributed by atoms with E-state index >= 15 is 0 Å². The molecule has 9 heteroatoms. The number of methoxy groups -OCH3 is 1. The quantitative estimate of drug-likeness (QED) is 0.600. The summed E-state index contributed by atoms with van der Waals surface area (Å²) in [5.41, 5.74) is 0. The summed E-state index contributed by atoms with van der Waals surface area (Å²) in [5, 5.41) is 23.2. The number of nitroso groups, excluding NO2 is 2. The maximum atomic E-state index is 10.7. The molecule has 0 aromatic carbocycles. The number of aliphatic carboxylic acids is 1. The summed E-state index contributed by atoms with van der Waals surface area (Å²) in [6, 6.07) is -3.08. The molecule has 1 fully saturated rings. The minimum Gasteiger partial charge on any atom is -0.479 e. The van der Waals surface area contributed by atoms with Crippen molar-refractivity contribution in [3.05, 3.63) is 9.81 Å². The van der Waals surface area contributed by atoms with Crippen LogP contribution in [-0.4, -0.2) is 53.9 Å². The number of hydrogen-bond donors (Lipinski definition) is 2. The third-order valence-electron chi connectivity index (χ3n) is 2.29. The highest BCUT2D eigenvalue weighted by Gasteiger charge is 2.50. The maximum Gasteiger partial charge on any atom is 0.335 e. The summed E-state index contributed by atoms with van der Waals surface area (Å²) in [7, 11) is 1.16. The summed E-state index contributed by atoms with van der Waals surface area (Å²) >= 11 is 0. The smallest absolute Gasteiger partial charge is 0.335 e. The van der Waals surface area contributed by atoms with E-state index in [-0.39, 0.29) is 0 Å². The molecule has 0 aromatic heterocycles. The van der Waals surface area contributed by atoms with Crippen molar-refractivity contribution in [3.63, 3.8) is 0 Å². The molecule has 1 aliphatic heterocycles. The monoisotopic (exact) mass is 234 g/mol. The van der Waals surface area contributed by atoms with Crippen LogP contribution in [0, 0.1) is 9.81 Å². The minimum absolute atomic E-state index is 1.16. The van der Waals surface area contributed by atoms with Gasteiger partial charge in [0.15, 0.2) is 24.5 Å². The molecule has 5 unspecified atom stereocenters. The molecule has 0 radical (unpaired) electrons. The molecular weight excluding hydrogens is 224 g/mol. The Morgan fingerprint density at radius 2 is 1.88 bits per heavy atom. The molecule has 1 aliphatic rings. The molecule has 16 heavy (non-hydrogen) atoms. The van der Waals surface area contributed by atoms with Gasteiger partial charge in [0.2, 0.25) is 0 Å². The molecule has 0 amide bonds. The number of rotatable bonds is 4. The number of aliphatic hydroxyl groups is 1. The van der Waals surface area contributed by atoms with Crippen LogP contribution < -0.4 is 0 Å². The Bertz CT molecular complexity index is 294. The van der Waals surface area contributed by atoms with Crippen LogP contribution in [0.5, 0.6) is 0 Å². The highest BCUT2D eigenvalue weighted by atomic mass is 16.7. The number of nitrogens with zero attached hydrogens (tertiary/aromatic N) is 2. The Morgan fingerprint density at radius 1 is 1.31 bits per heavy atom. The Hall–Kier alpha value is -1.45. The van der Waals surface area contributed by atoms with Gasteiger partial charge in [0.1, 0.15) is 6.10 Å². The molecule has 0 aliphatic carbocycles. The number of carbonyl (C=O) groups is 1. The van der Waals surface area contributed by atoms with Crippen LogP contribution >= 0.6 is 0 Å². The van der Waals surface area contributed by atoms with Crippen LogP contribution in [0.15, 0.2) is 10.4 Å². The van der Waals surface area contributed by atoms with Crippen LogP contribution in [0.3, 0.4) is 0 Å². The van der Waals surface area contributed by atoms with E-state index in [1.165, 1.54) is 0 Å². The van der Waals surface area contributed by atoms with Gasteiger partial charge >= 0.3 is 5.97 Å². The molecule has 0 saturated carbocycles. The molecular formula is C7H10N2O7. The van der Waals surface area contributed by atoms with E-state index in [9.17, 15) is 19.7 Å². The number of ether oxygens (including phenoxy) is 2. The molecule has 0 bridgehead atoms. The van der Waals surface area contributed by atoms with Crippen molar-refractivity contribution in [3.8, 4) is 0 Å². The standard InChI is InChI=1S/C7H10N2O7/c1-15-7-4(10)2(8-13)3(9-14)5(16-7)6(11)12/h2-5,7,10H,1H3,(H,11,12). The zero-order chi connectivity index (χ0) is 12.3. The van der Waals surface area contributed by atoms with Gasteiger partial charge < -0.3 is 19.7 Å². The van der Waals surface area contributed by atoms with Crippen molar-refractivity contribution < 1.29 is 24.5 Å². The normalized spacial score (nSPS) is 39.0. The third-order valence-corrected chi connectivity index (χ3v) is 2.29. The van der Waals surface area contributed by atoms with E-state index in [0.717, 1.165) is 7.11 Å². The van der Waals surface area contributed by atoms with Gasteiger partial charge in [-0.2, -0.15) is 9.81 Å². The second kappa shape index (κ2) is 5.05. The second-order valence-corrected chi connectivity index (χ2v) is 3.18. The Kier molecular flexibility index (Phi) is 3.99. The largest absolute Gasteiger partial charge is 0.479 e. The van der Waals surface area contributed by atoms with E-state index < -0.39 is 36.6 Å². The molecule has 1 saturated heterocycles. The number of aliphatic hydroxyl groups excluding tert-OH is 1. The lowest BCUT2D eigenvalue weighted by atomic mass is 9.95. The Labute approximate surface area is 89.3 Å². The van der Waals surface area contributed by atoms with Gasteiger partial charge in [0.25, 0.3) is 0 Å². The topological polar surface area (TPSA) is 135 Å². The van der Waals surface area contributed by atoms with Gasteiger partial charge in [-0.1, -0.05) is 10.4 Å². The average Bonchev–Trinajstić information content (AvgIpc) is 2.27. The third kappa shape index (κ3) is 2.05. The molecule has 0 spiro atoms. The van der Waals surface area contributed by atoms with E-state index in [1.807, 2.05) is 0 Å². The summed E-state index contributed by atoms with van der Waals surface area (Å²) in [6.45, 7) is 0.